The molecule has 0 spiro atoms. The molecular formula is C14H22N4O4S. The predicted molar refractivity (Wildman–Crippen MR) is 85.6 cm³/mol. The normalized spacial score (nSPS) is 16.6. The minimum Gasteiger partial charge on any atom is -0.341 e. The first kappa shape index (κ1) is 17.6. The molecule has 1 amide bonds. The summed E-state index contributed by atoms with van der Waals surface area (Å²) >= 11 is 0. The highest BCUT2D eigenvalue weighted by atomic mass is 32.2. The van der Waals surface area contributed by atoms with E-state index in [4.69, 9.17) is 0 Å². The van der Waals surface area contributed by atoms with Crippen LogP contribution in [0.15, 0.2) is 10.9 Å². The summed E-state index contributed by atoms with van der Waals surface area (Å²) in [5.74, 6) is -0.154. The number of aryl methyl sites for hydroxylation is 2. The number of hydrogen-bond donors (Lipinski definition) is 1. The van der Waals surface area contributed by atoms with Gasteiger partial charge in [-0.05, 0) is 32.8 Å². The van der Waals surface area contributed by atoms with Crippen molar-refractivity contribution in [3.8, 4) is 0 Å². The van der Waals surface area contributed by atoms with E-state index in [0.29, 0.717) is 37.3 Å². The topological polar surface area (TPSA) is 101 Å². The molecule has 1 fully saturated rings. The standard InChI is InChI=1S/C14H22N4O4S/c1-10-8-11(2)18(14(20)15-10)9-13(19)17-6-4-12(5-7-17)16-23(3,21)22/h8,12,16H,4-7,9H2,1-3H3. The smallest absolute Gasteiger partial charge is 0.341 e. The second-order valence-corrected chi connectivity index (χ2v) is 7.73. The van der Waals surface area contributed by atoms with Gasteiger partial charge in [-0.15, -0.1) is 0 Å². The third-order valence-corrected chi connectivity index (χ3v) is 4.63. The minimum absolute atomic E-state index is 0.0396. The van der Waals surface area contributed by atoms with Crippen LogP contribution in [0.1, 0.15) is 24.2 Å². The van der Waals surface area contributed by atoms with Gasteiger partial charge in [0.1, 0.15) is 6.54 Å². The van der Waals surface area contributed by atoms with Crippen LogP contribution in [0, 0.1) is 13.8 Å². The number of sulfonamides is 1. The molecule has 0 atom stereocenters. The van der Waals surface area contributed by atoms with E-state index in [-0.39, 0.29) is 18.5 Å². The fraction of sp³-hybridized carbons (Fsp3) is 0.643. The number of hydrogen-bond acceptors (Lipinski definition) is 5. The quantitative estimate of drug-likeness (QED) is 0.787. The molecule has 9 heteroatoms. The van der Waals surface area contributed by atoms with Crippen molar-refractivity contribution in [1.82, 2.24) is 19.2 Å². The zero-order valence-corrected chi connectivity index (χ0v) is 14.4. The van der Waals surface area contributed by atoms with E-state index in [1.54, 1.807) is 24.8 Å². The van der Waals surface area contributed by atoms with Crippen molar-refractivity contribution in [3.05, 3.63) is 27.9 Å². The van der Waals surface area contributed by atoms with Crippen molar-refractivity contribution in [3.63, 3.8) is 0 Å². The van der Waals surface area contributed by atoms with Crippen molar-refractivity contribution < 1.29 is 13.2 Å². The van der Waals surface area contributed by atoms with Crippen molar-refractivity contribution in [1.29, 1.82) is 0 Å². The summed E-state index contributed by atoms with van der Waals surface area (Å²) in [5, 5.41) is 0. The van der Waals surface area contributed by atoms with Gasteiger partial charge in [-0.3, -0.25) is 9.36 Å². The molecule has 0 radical (unpaired) electrons. The molecule has 1 aliphatic rings. The van der Waals surface area contributed by atoms with Crippen molar-refractivity contribution in [2.75, 3.05) is 19.3 Å². The molecule has 2 heterocycles. The Kier molecular flexibility index (Phi) is 5.20. The Morgan fingerprint density at radius 1 is 1.35 bits per heavy atom. The maximum absolute atomic E-state index is 12.3. The van der Waals surface area contributed by atoms with Crippen LogP contribution in [-0.4, -0.2) is 54.2 Å². The molecule has 1 N–H and O–H groups in total. The van der Waals surface area contributed by atoms with E-state index < -0.39 is 15.7 Å². The van der Waals surface area contributed by atoms with Crippen LogP contribution in [-0.2, 0) is 21.4 Å². The van der Waals surface area contributed by atoms with Gasteiger partial charge < -0.3 is 4.90 Å². The second kappa shape index (κ2) is 6.79. The molecule has 1 aliphatic heterocycles. The first-order valence-corrected chi connectivity index (χ1v) is 9.35. The van der Waals surface area contributed by atoms with Gasteiger partial charge in [0.05, 0.1) is 6.26 Å². The van der Waals surface area contributed by atoms with Gasteiger partial charge in [0.2, 0.25) is 15.9 Å². The van der Waals surface area contributed by atoms with Gasteiger partial charge in [-0.25, -0.2) is 17.9 Å². The predicted octanol–water partition coefficient (Wildman–Crippen LogP) is -0.600. The van der Waals surface area contributed by atoms with E-state index in [2.05, 4.69) is 9.71 Å². The molecule has 0 bridgehead atoms. The summed E-state index contributed by atoms with van der Waals surface area (Å²) < 4.78 is 26.4. The van der Waals surface area contributed by atoms with Gasteiger partial charge in [-0.2, -0.15) is 4.98 Å². The number of carbonyl (C=O) groups excluding carboxylic acids is 1. The summed E-state index contributed by atoms with van der Waals surface area (Å²) in [6.07, 6.45) is 2.27. The molecule has 1 aromatic heterocycles. The molecule has 128 valence electrons. The number of carbonyl (C=O) groups is 1. The fourth-order valence-corrected chi connectivity index (χ4v) is 3.59. The number of nitrogens with zero attached hydrogens (tertiary/aromatic N) is 3. The molecule has 23 heavy (non-hydrogen) atoms. The number of aromatic nitrogens is 2. The Balaban J connectivity index is 1.97. The lowest BCUT2D eigenvalue weighted by molar-refractivity contribution is -0.133. The minimum atomic E-state index is -3.23. The van der Waals surface area contributed by atoms with Gasteiger partial charge in [-0.1, -0.05) is 0 Å². The monoisotopic (exact) mass is 342 g/mol. The van der Waals surface area contributed by atoms with Crippen LogP contribution in [0.5, 0.6) is 0 Å². The lowest BCUT2D eigenvalue weighted by atomic mass is 10.1. The van der Waals surface area contributed by atoms with E-state index in [9.17, 15) is 18.0 Å². The largest absolute Gasteiger partial charge is 0.348 e. The highest BCUT2D eigenvalue weighted by molar-refractivity contribution is 7.88. The molecule has 1 saturated heterocycles. The lowest BCUT2D eigenvalue weighted by Crippen LogP contribution is -2.47. The highest BCUT2D eigenvalue weighted by Crippen LogP contribution is 2.12. The van der Waals surface area contributed by atoms with Crippen LogP contribution < -0.4 is 10.4 Å². The first-order chi connectivity index (χ1) is 10.7. The Bertz CT molecular complexity index is 749. The third-order valence-electron chi connectivity index (χ3n) is 3.87. The SMILES string of the molecule is Cc1cc(C)n(CC(=O)N2CCC(NS(C)(=O)=O)CC2)c(=O)n1. The molecule has 0 aliphatic carbocycles. The Labute approximate surface area is 135 Å². The summed E-state index contributed by atoms with van der Waals surface area (Å²) in [6, 6.07) is 1.62. The van der Waals surface area contributed by atoms with E-state index >= 15 is 0 Å². The number of amides is 1. The third kappa shape index (κ3) is 4.87. The maximum Gasteiger partial charge on any atom is 0.348 e. The highest BCUT2D eigenvalue weighted by Gasteiger charge is 2.25. The fourth-order valence-electron chi connectivity index (χ4n) is 2.75. The van der Waals surface area contributed by atoms with Crippen LogP contribution in [0.2, 0.25) is 0 Å². The molecule has 0 aromatic carbocycles. The summed E-state index contributed by atoms with van der Waals surface area (Å²) in [6.45, 7) is 4.41. The number of nitrogens with one attached hydrogen (secondary N) is 1. The first-order valence-electron chi connectivity index (χ1n) is 7.46. The van der Waals surface area contributed by atoms with E-state index in [1.807, 2.05) is 0 Å². The number of piperidine rings is 1. The molecule has 0 saturated carbocycles. The van der Waals surface area contributed by atoms with E-state index in [0.717, 1.165) is 6.26 Å². The van der Waals surface area contributed by atoms with E-state index in [1.165, 1.54) is 4.57 Å². The van der Waals surface area contributed by atoms with Gasteiger partial charge in [0.15, 0.2) is 0 Å². The van der Waals surface area contributed by atoms with Crippen LogP contribution >= 0.6 is 0 Å². The molecule has 2 rings (SSSR count). The average Bonchev–Trinajstić information content (AvgIpc) is 2.41. The van der Waals surface area contributed by atoms with Crippen LogP contribution in [0.4, 0.5) is 0 Å². The van der Waals surface area contributed by atoms with Crippen molar-refractivity contribution in [2.24, 2.45) is 0 Å². The summed E-state index contributed by atoms with van der Waals surface area (Å²) in [5.41, 5.74) is 0.901. The molecular weight excluding hydrogens is 320 g/mol. The summed E-state index contributed by atoms with van der Waals surface area (Å²) in [7, 11) is -3.23. The summed E-state index contributed by atoms with van der Waals surface area (Å²) in [4.78, 5) is 29.7. The zero-order chi connectivity index (χ0) is 17.2. The molecule has 8 nitrogen and oxygen atoms in total. The molecule has 1 aromatic rings. The van der Waals surface area contributed by atoms with Crippen molar-refractivity contribution in [2.45, 2.75) is 39.3 Å². The van der Waals surface area contributed by atoms with Crippen LogP contribution in [0.3, 0.4) is 0 Å². The second-order valence-electron chi connectivity index (χ2n) is 5.95. The number of likely N-dealkylation sites (tertiary alicyclic amines) is 1. The maximum atomic E-state index is 12.3. The van der Waals surface area contributed by atoms with Gasteiger partial charge >= 0.3 is 5.69 Å². The van der Waals surface area contributed by atoms with Gasteiger partial charge in [0.25, 0.3) is 0 Å². The Morgan fingerprint density at radius 2 is 1.96 bits per heavy atom. The Morgan fingerprint density at radius 3 is 2.48 bits per heavy atom. The van der Waals surface area contributed by atoms with Gasteiger partial charge in [0, 0.05) is 30.5 Å². The van der Waals surface area contributed by atoms with Crippen LogP contribution in [0.25, 0.3) is 0 Å². The zero-order valence-electron chi connectivity index (χ0n) is 13.6. The number of rotatable bonds is 4. The van der Waals surface area contributed by atoms with Crippen molar-refractivity contribution >= 4 is 15.9 Å². The average molecular weight is 342 g/mol. The lowest BCUT2D eigenvalue weighted by Gasteiger charge is -2.32. The Hall–Kier alpha value is -1.74. The molecule has 0 unspecified atom stereocenters.